The van der Waals surface area contributed by atoms with Gasteiger partial charge in [-0.2, -0.15) is 11.3 Å². The highest BCUT2D eigenvalue weighted by atomic mass is 32.1. The van der Waals surface area contributed by atoms with Crippen molar-refractivity contribution in [1.29, 1.82) is 0 Å². The fourth-order valence-electron chi connectivity index (χ4n) is 2.05. The molecule has 0 radical (unpaired) electrons. The number of likely N-dealkylation sites (N-methyl/N-ethyl adjacent to an activating group) is 1. The van der Waals surface area contributed by atoms with E-state index in [-0.39, 0.29) is 18.2 Å². The summed E-state index contributed by atoms with van der Waals surface area (Å²) in [5.74, 6) is -0.194. The van der Waals surface area contributed by atoms with E-state index < -0.39 is 0 Å². The van der Waals surface area contributed by atoms with Crippen molar-refractivity contribution in [2.45, 2.75) is 6.42 Å². The molecule has 122 valence electrons. The highest BCUT2D eigenvalue weighted by Crippen LogP contribution is 2.09. The van der Waals surface area contributed by atoms with Crippen molar-refractivity contribution in [1.82, 2.24) is 10.6 Å². The first-order valence-electron chi connectivity index (χ1n) is 7.50. The lowest BCUT2D eigenvalue weighted by Gasteiger charge is -2.19. The van der Waals surface area contributed by atoms with Gasteiger partial charge in [0.15, 0.2) is 0 Å². The molecule has 1 heterocycles. The zero-order valence-corrected chi connectivity index (χ0v) is 13.9. The number of benzene rings is 1. The molecular formula is C17H21N3O2S. The second-order valence-corrected chi connectivity index (χ2v) is 5.91. The van der Waals surface area contributed by atoms with Crippen LogP contribution < -0.4 is 15.5 Å². The molecule has 0 aliphatic carbocycles. The Morgan fingerprint density at radius 1 is 1.09 bits per heavy atom. The lowest BCUT2D eigenvalue weighted by molar-refractivity contribution is -0.120. The smallest absolute Gasteiger partial charge is 0.252 e. The number of rotatable bonds is 8. The third-order valence-corrected chi connectivity index (χ3v) is 4.07. The van der Waals surface area contributed by atoms with E-state index in [0.29, 0.717) is 18.7 Å². The molecule has 2 amide bonds. The topological polar surface area (TPSA) is 61.4 Å². The zero-order chi connectivity index (χ0) is 16.5. The van der Waals surface area contributed by atoms with Gasteiger partial charge >= 0.3 is 0 Å². The molecule has 5 nitrogen and oxygen atoms in total. The van der Waals surface area contributed by atoms with Crippen LogP contribution in [0.4, 0.5) is 5.69 Å². The number of thiophene rings is 1. The van der Waals surface area contributed by atoms with Crippen LogP contribution >= 0.6 is 11.3 Å². The molecule has 1 aromatic carbocycles. The van der Waals surface area contributed by atoms with Crippen molar-refractivity contribution in [2.75, 3.05) is 31.6 Å². The molecule has 0 atom stereocenters. The number of nitrogens with one attached hydrogen (secondary N) is 2. The van der Waals surface area contributed by atoms with E-state index in [1.54, 1.807) is 11.4 Å². The summed E-state index contributed by atoms with van der Waals surface area (Å²) in [6, 6.07) is 11.8. The summed E-state index contributed by atoms with van der Waals surface area (Å²) in [5.41, 5.74) is 1.75. The third-order valence-electron chi connectivity index (χ3n) is 3.39. The van der Waals surface area contributed by atoms with Gasteiger partial charge in [-0.05, 0) is 23.6 Å². The number of hydrogen-bond acceptors (Lipinski definition) is 4. The van der Waals surface area contributed by atoms with E-state index in [4.69, 9.17) is 0 Å². The average molecular weight is 331 g/mol. The van der Waals surface area contributed by atoms with Gasteiger partial charge in [0.05, 0.1) is 0 Å². The van der Waals surface area contributed by atoms with Crippen molar-refractivity contribution in [3.05, 3.63) is 52.7 Å². The molecule has 0 aliphatic heterocycles. The van der Waals surface area contributed by atoms with E-state index in [2.05, 4.69) is 15.5 Å². The van der Waals surface area contributed by atoms with E-state index >= 15 is 0 Å². The molecule has 23 heavy (non-hydrogen) atoms. The predicted molar refractivity (Wildman–Crippen MR) is 94.0 cm³/mol. The van der Waals surface area contributed by atoms with E-state index in [1.165, 1.54) is 11.3 Å². The SMILES string of the molecule is CN(CCNC(=O)CCNC(=O)c1ccsc1)c1ccccc1. The van der Waals surface area contributed by atoms with Gasteiger partial charge in [0.1, 0.15) is 0 Å². The molecule has 0 aliphatic rings. The van der Waals surface area contributed by atoms with E-state index in [0.717, 1.165) is 12.2 Å². The van der Waals surface area contributed by atoms with Crippen LogP contribution in [0.25, 0.3) is 0 Å². The number of carbonyl (C=O) groups is 2. The lowest BCUT2D eigenvalue weighted by atomic mass is 10.3. The number of amides is 2. The maximum atomic E-state index is 11.8. The van der Waals surface area contributed by atoms with Gasteiger partial charge < -0.3 is 15.5 Å². The van der Waals surface area contributed by atoms with Gasteiger partial charge in [-0.3, -0.25) is 9.59 Å². The second kappa shape index (κ2) is 8.95. The molecule has 2 aromatic rings. The summed E-state index contributed by atoms with van der Waals surface area (Å²) in [6.07, 6.45) is 0.283. The second-order valence-electron chi connectivity index (χ2n) is 5.12. The maximum Gasteiger partial charge on any atom is 0.252 e. The molecular weight excluding hydrogens is 310 g/mol. The van der Waals surface area contributed by atoms with Crippen LogP contribution in [0.2, 0.25) is 0 Å². The minimum absolute atomic E-state index is 0.0583. The summed E-state index contributed by atoms with van der Waals surface area (Å²) in [5, 5.41) is 9.24. The number of para-hydroxylation sites is 1. The van der Waals surface area contributed by atoms with Crippen molar-refractivity contribution in [2.24, 2.45) is 0 Å². The molecule has 0 spiro atoms. The number of hydrogen-bond donors (Lipinski definition) is 2. The highest BCUT2D eigenvalue weighted by molar-refractivity contribution is 7.08. The Bertz CT molecular complexity index is 614. The molecule has 0 bridgehead atoms. The molecule has 2 N–H and O–H groups in total. The molecule has 0 saturated carbocycles. The Kier molecular flexibility index (Phi) is 6.62. The quantitative estimate of drug-likeness (QED) is 0.779. The van der Waals surface area contributed by atoms with Crippen LogP contribution in [0.1, 0.15) is 16.8 Å². The van der Waals surface area contributed by atoms with E-state index in [1.807, 2.05) is 42.8 Å². The minimum atomic E-state index is -0.136. The molecule has 2 rings (SSSR count). The fourth-order valence-corrected chi connectivity index (χ4v) is 2.68. The fraction of sp³-hybridized carbons (Fsp3) is 0.294. The van der Waals surface area contributed by atoms with Crippen LogP contribution in [0.3, 0.4) is 0 Å². The van der Waals surface area contributed by atoms with Gasteiger partial charge in [-0.25, -0.2) is 0 Å². The Labute approximate surface area is 140 Å². The normalized spacial score (nSPS) is 10.1. The van der Waals surface area contributed by atoms with Gasteiger partial charge in [0, 0.05) is 49.7 Å². The number of carbonyl (C=O) groups excluding carboxylic acids is 2. The van der Waals surface area contributed by atoms with Crippen LogP contribution in [-0.2, 0) is 4.79 Å². The Morgan fingerprint density at radius 2 is 1.87 bits per heavy atom. The summed E-state index contributed by atoms with van der Waals surface area (Å²) < 4.78 is 0. The molecule has 0 unspecified atom stereocenters. The molecule has 0 saturated heterocycles. The summed E-state index contributed by atoms with van der Waals surface area (Å²) >= 11 is 1.47. The standard InChI is InChI=1S/C17H21N3O2S/c1-20(15-5-3-2-4-6-15)11-10-18-16(21)7-9-19-17(22)14-8-12-23-13-14/h2-6,8,12-13H,7,9-11H2,1H3,(H,18,21)(H,19,22). The van der Waals surface area contributed by atoms with Gasteiger partial charge in [0.25, 0.3) is 5.91 Å². The molecule has 6 heteroatoms. The van der Waals surface area contributed by atoms with Gasteiger partial charge in [0.2, 0.25) is 5.91 Å². The van der Waals surface area contributed by atoms with Crippen molar-refractivity contribution in [3.63, 3.8) is 0 Å². The number of nitrogens with zero attached hydrogens (tertiary/aromatic N) is 1. The Hall–Kier alpha value is -2.34. The maximum absolute atomic E-state index is 11.8. The monoisotopic (exact) mass is 331 g/mol. The van der Waals surface area contributed by atoms with Crippen molar-refractivity contribution >= 4 is 28.8 Å². The zero-order valence-electron chi connectivity index (χ0n) is 13.1. The first kappa shape index (κ1) is 17.0. The first-order chi connectivity index (χ1) is 11.2. The predicted octanol–water partition coefficient (Wildman–Crippen LogP) is 2.12. The Balaban J connectivity index is 1.59. The van der Waals surface area contributed by atoms with Crippen molar-refractivity contribution in [3.8, 4) is 0 Å². The van der Waals surface area contributed by atoms with Crippen LogP contribution in [0.15, 0.2) is 47.2 Å². The van der Waals surface area contributed by atoms with Crippen LogP contribution in [-0.4, -0.2) is 38.5 Å². The summed E-state index contributed by atoms with van der Waals surface area (Å²) in [6.45, 7) is 1.65. The lowest BCUT2D eigenvalue weighted by Crippen LogP contribution is -2.35. The van der Waals surface area contributed by atoms with Crippen LogP contribution in [0.5, 0.6) is 0 Å². The largest absolute Gasteiger partial charge is 0.373 e. The number of anilines is 1. The summed E-state index contributed by atoms with van der Waals surface area (Å²) in [7, 11) is 1.99. The molecule has 0 fully saturated rings. The van der Waals surface area contributed by atoms with E-state index in [9.17, 15) is 9.59 Å². The Morgan fingerprint density at radius 3 is 2.57 bits per heavy atom. The third kappa shape index (κ3) is 5.75. The first-order valence-corrected chi connectivity index (χ1v) is 8.44. The van der Waals surface area contributed by atoms with Crippen LogP contribution in [0, 0.1) is 0 Å². The highest BCUT2D eigenvalue weighted by Gasteiger charge is 2.07. The minimum Gasteiger partial charge on any atom is -0.373 e. The van der Waals surface area contributed by atoms with Crippen molar-refractivity contribution < 1.29 is 9.59 Å². The average Bonchev–Trinajstić information content (AvgIpc) is 3.10. The summed E-state index contributed by atoms with van der Waals surface area (Å²) in [4.78, 5) is 25.5. The van der Waals surface area contributed by atoms with Gasteiger partial charge in [-0.1, -0.05) is 18.2 Å². The molecule has 1 aromatic heterocycles. The van der Waals surface area contributed by atoms with Gasteiger partial charge in [-0.15, -0.1) is 0 Å².